The molecule has 96 valence electrons. The first-order valence-electron chi connectivity index (χ1n) is 6.06. The summed E-state index contributed by atoms with van der Waals surface area (Å²) in [5.74, 6) is 1.15. The Balaban J connectivity index is 1.77. The molecule has 0 aromatic carbocycles. The molecule has 6 heteroatoms. The van der Waals surface area contributed by atoms with Crippen LogP contribution in [0.4, 0.5) is 10.8 Å². The number of nitrogens with one attached hydrogen (secondary N) is 1. The molecular weight excluding hydrogens is 236 g/mol. The minimum absolute atomic E-state index is 0.470. The summed E-state index contributed by atoms with van der Waals surface area (Å²) in [7, 11) is 1.62. The largest absolute Gasteiger partial charge is 0.490 e. The van der Waals surface area contributed by atoms with Crippen molar-refractivity contribution in [1.29, 1.82) is 0 Å². The van der Waals surface area contributed by atoms with Gasteiger partial charge in [-0.05, 0) is 37.5 Å². The van der Waals surface area contributed by atoms with Crippen LogP contribution in [-0.2, 0) is 0 Å². The average molecular weight is 256 g/mol. The Kier molecular flexibility index (Phi) is 4.44. The van der Waals surface area contributed by atoms with Gasteiger partial charge in [-0.2, -0.15) is 4.37 Å². The van der Waals surface area contributed by atoms with Gasteiger partial charge in [-0.1, -0.05) is 6.42 Å². The molecule has 0 spiro atoms. The van der Waals surface area contributed by atoms with Crippen LogP contribution >= 0.6 is 11.5 Å². The molecule has 2 rings (SSSR count). The Morgan fingerprint density at radius 1 is 1.41 bits per heavy atom. The molecule has 1 aliphatic heterocycles. The zero-order chi connectivity index (χ0) is 12.1. The normalized spacial score (nSPS) is 17.0. The first-order valence-corrected chi connectivity index (χ1v) is 6.84. The lowest BCUT2D eigenvalue weighted by molar-refractivity contribution is 0.237. The Labute approximate surface area is 106 Å². The van der Waals surface area contributed by atoms with E-state index in [1.807, 2.05) is 0 Å². The van der Waals surface area contributed by atoms with Crippen molar-refractivity contribution >= 4 is 22.4 Å². The third-order valence-corrected chi connectivity index (χ3v) is 3.84. The molecule has 1 saturated heterocycles. The third-order valence-electron chi connectivity index (χ3n) is 3.04. The van der Waals surface area contributed by atoms with E-state index >= 15 is 0 Å². The van der Waals surface area contributed by atoms with Crippen molar-refractivity contribution in [3.8, 4) is 5.75 Å². The lowest BCUT2D eigenvalue weighted by atomic mass is 10.1. The van der Waals surface area contributed by atoms with E-state index in [1.54, 1.807) is 7.11 Å². The average Bonchev–Trinajstić information content (AvgIpc) is 2.71. The number of piperidine rings is 1. The molecule has 5 nitrogen and oxygen atoms in total. The number of nitrogens with zero attached hydrogens (tertiary/aromatic N) is 2. The van der Waals surface area contributed by atoms with E-state index in [0.29, 0.717) is 11.6 Å². The van der Waals surface area contributed by atoms with Crippen molar-refractivity contribution in [2.24, 2.45) is 0 Å². The van der Waals surface area contributed by atoms with Gasteiger partial charge in [0.15, 0.2) is 16.6 Å². The number of likely N-dealkylation sites (tertiary alicyclic amines) is 1. The number of nitrogens with two attached hydrogens (primary N) is 1. The van der Waals surface area contributed by atoms with Gasteiger partial charge in [-0.25, -0.2) is 0 Å². The molecule has 0 atom stereocenters. The number of nitrogen functional groups attached to an aromatic ring is 1. The van der Waals surface area contributed by atoms with E-state index in [9.17, 15) is 0 Å². The zero-order valence-corrected chi connectivity index (χ0v) is 11.1. The Morgan fingerprint density at radius 2 is 2.18 bits per heavy atom. The van der Waals surface area contributed by atoms with Gasteiger partial charge in [-0.15, -0.1) is 0 Å². The molecular formula is C11H20N4OS. The smallest absolute Gasteiger partial charge is 0.197 e. The van der Waals surface area contributed by atoms with Gasteiger partial charge >= 0.3 is 0 Å². The van der Waals surface area contributed by atoms with Crippen LogP contribution in [0.15, 0.2) is 0 Å². The summed E-state index contributed by atoms with van der Waals surface area (Å²) in [6, 6.07) is 0. The van der Waals surface area contributed by atoms with Gasteiger partial charge in [0.05, 0.1) is 7.11 Å². The quantitative estimate of drug-likeness (QED) is 0.838. The molecule has 0 saturated carbocycles. The maximum absolute atomic E-state index is 5.69. The van der Waals surface area contributed by atoms with Gasteiger partial charge in [0, 0.05) is 13.1 Å². The van der Waals surface area contributed by atoms with E-state index in [0.717, 1.165) is 18.1 Å². The number of hydrogen-bond donors (Lipinski definition) is 2. The van der Waals surface area contributed by atoms with Crippen LogP contribution in [0.25, 0.3) is 0 Å². The number of anilines is 2. The van der Waals surface area contributed by atoms with Crippen molar-refractivity contribution in [2.45, 2.75) is 19.3 Å². The van der Waals surface area contributed by atoms with Crippen LogP contribution in [0.2, 0.25) is 0 Å². The summed E-state index contributed by atoms with van der Waals surface area (Å²) in [6.07, 6.45) is 4.04. The van der Waals surface area contributed by atoms with E-state index in [2.05, 4.69) is 14.6 Å². The lowest BCUT2D eigenvalue weighted by Crippen LogP contribution is -2.33. The van der Waals surface area contributed by atoms with Crippen LogP contribution in [0, 0.1) is 0 Å². The minimum Gasteiger partial charge on any atom is -0.490 e. The standard InChI is InChI=1S/C11H20N4OS/c1-16-9-10(12)14-17-11(9)13-5-8-15-6-3-2-4-7-15/h13H,2-8H2,1H3,(H2,12,14). The van der Waals surface area contributed by atoms with Crippen LogP contribution in [-0.4, -0.2) is 42.6 Å². The highest BCUT2D eigenvalue weighted by Crippen LogP contribution is 2.34. The molecule has 0 aliphatic carbocycles. The van der Waals surface area contributed by atoms with Gasteiger partial charge < -0.3 is 20.7 Å². The van der Waals surface area contributed by atoms with Crippen molar-refractivity contribution < 1.29 is 4.74 Å². The van der Waals surface area contributed by atoms with Crippen LogP contribution in [0.3, 0.4) is 0 Å². The summed E-state index contributed by atoms with van der Waals surface area (Å²) in [6.45, 7) is 4.44. The predicted molar refractivity (Wildman–Crippen MR) is 71.9 cm³/mol. The highest BCUT2D eigenvalue weighted by molar-refractivity contribution is 7.11. The fourth-order valence-electron chi connectivity index (χ4n) is 2.11. The monoisotopic (exact) mass is 256 g/mol. The first kappa shape index (κ1) is 12.4. The number of rotatable bonds is 5. The molecule has 17 heavy (non-hydrogen) atoms. The second kappa shape index (κ2) is 6.07. The van der Waals surface area contributed by atoms with Gasteiger partial charge in [0.1, 0.15) is 0 Å². The number of aromatic nitrogens is 1. The molecule has 0 radical (unpaired) electrons. The summed E-state index contributed by atoms with van der Waals surface area (Å²) >= 11 is 1.36. The maximum atomic E-state index is 5.69. The van der Waals surface area contributed by atoms with E-state index in [-0.39, 0.29) is 0 Å². The first-order chi connectivity index (χ1) is 8.31. The second-order valence-electron chi connectivity index (χ2n) is 4.26. The maximum Gasteiger partial charge on any atom is 0.197 e. The molecule has 0 unspecified atom stereocenters. The summed E-state index contributed by atoms with van der Waals surface area (Å²) in [5, 5.41) is 4.27. The van der Waals surface area contributed by atoms with E-state index in [4.69, 9.17) is 10.5 Å². The molecule has 1 aromatic rings. The van der Waals surface area contributed by atoms with Crippen LogP contribution in [0.5, 0.6) is 5.75 Å². The number of hydrogen-bond acceptors (Lipinski definition) is 6. The predicted octanol–water partition coefficient (Wildman–Crippen LogP) is 1.63. The van der Waals surface area contributed by atoms with E-state index in [1.165, 1.54) is 43.9 Å². The van der Waals surface area contributed by atoms with Crippen molar-refractivity contribution in [3.05, 3.63) is 0 Å². The molecule has 0 amide bonds. The van der Waals surface area contributed by atoms with E-state index < -0.39 is 0 Å². The highest BCUT2D eigenvalue weighted by atomic mass is 32.1. The van der Waals surface area contributed by atoms with Gasteiger partial charge in [0.25, 0.3) is 0 Å². The SMILES string of the molecule is COc1c(N)nsc1NCCN1CCCCC1. The second-order valence-corrected chi connectivity index (χ2v) is 5.03. The summed E-state index contributed by atoms with van der Waals surface area (Å²) < 4.78 is 9.28. The van der Waals surface area contributed by atoms with Crippen molar-refractivity contribution in [2.75, 3.05) is 44.3 Å². The van der Waals surface area contributed by atoms with Crippen molar-refractivity contribution in [1.82, 2.24) is 9.27 Å². The molecule has 1 aromatic heterocycles. The Hall–Kier alpha value is -1.01. The van der Waals surface area contributed by atoms with Crippen molar-refractivity contribution in [3.63, 3.8) is 0 Å². The molecule has 1 fully saturated rings. The fourth-order valence-corrected chi connectivity index (χ4v) is 2.82. The summed E-state index contributed by atoms with van der Waals surface area (Å²) in [4.78, 5) is 2.49. The third kappa shape index (κ3) is 3.23. The lowest BCUT2D eigenvalue weighted by Gasteiger charge is -2.26. The molecule has 1 aliphatic rings. The summed E-state index contributed by atoms with van der Waals surface area (Å²) in [5.41, 5.74) is 5.69. The molecule has 2 heterocycles. The fraction of sp³-hybridized carbons (Fsp3) is 0.727. The molecule has 3 N–H and O–H groups in total. The van der Waals surface area contributed by atoms with Gasteiger partial charge in [0.2, 0.25) is 0 Å². The zero-order valence-electron chi connectivity index (χ0n) is 10.2. The Morgan fingerprint density at radius 3 is 2.88 bits per heavy atom. The minimum atomic E-state index is 0.470. The van der Waals surface area contributed by atoms with Crippen LogP contribution in [0.1, 0.15) is 19.3 Å². The van der Waals surface area contributed by atoms with Crippen LogP contribution < -0.4 is 15.8 Å². The molecule has 0 bridgehead atoms. The highest BCUT2D eigenvalue weighted by Gasteiger charge is 2.13. The Bertz CT molecular complexity index is 349. The number of ether oxygens (including phenoxy) is 1. The topological polar surface area (TPSA) is 63.4 Å². The number of methoxy groups -OCH3 is 1. The van der Waals surface area contributed by atoms with Gasteiger partial charge in [-0.3, -0.25) is 0 Å².